The molecule has 1 aromatic heterocycles. The summed E-state index contributed by atoms with van der Waals surface area (Å²) in [4.78, 5) is 49.0. The topological polar surface area (TPSA) is 106 Å². The molecule has 3 aromatic rings. The molecule has 8 nitrogen and oxygen atoms in total. The fourth-order valence-corrected chi connectivity index (χ4v) is 6.57. The van der Waals surface area contributed by atoms with E-state index in [9.17, 15) is 28.4 Å². The van der Waals surface area contributed by atoms with Crippen molar-refractivity contribution < 1.29 is 27.6 Å². The summed E-state index contributed by atoms with van der Waals surface area (Å²) >= 11 is 6.65. The number of halogens is 4. The number of nitriles is 1. The Hall–Kier alpha value is -4.43. The van der Waals surface area contributed by atoms with E-state index < -0.39 is 47.6 Å². The van der Waals surface area contributed by atoms with Crippen LogP contribution in [0.25, 0.3) is 0 Å². The molecular formula is C34H31ClF3N5O3. The Balaban J connectivity index is 1.46. The van der Waals surface area contributed by atoms with Crippen LogP contribution in [-0.4, -0.2) is 40.7 Å². The number of carbonyl (C=O) groups excluding carboxylic acids is 3. The van der Waals surface area contributed by atoms with Crippen molar-refractivity contribution in [2.24, 2.45) is 0 Å². The van der Waals surface area contributed by atoms with Gasteiger partial charge in [0.2, 0.25) is 17.7 Å². The molecule has 3 aliphatic rings. The molecule has 12 heteroatoms. The number of hydrogen-bond donors (Lipinski definition) is 1. The van der Waals surface area contributed by atoms with Crippen molar-refractivity contribution >= 4 is 40.8 Å². The lowest BCUT2D eigenvalue weighted by atomic mass is 9.91. The molecule has 3 fully saturated rings. The summed E-state index contributed by atoms with van der Waals surface area (Å²) in [6.07, 6.45) is 2.44. The number of nitrogens with zero attached hydrogens (tertiary/aromatic N) is 4. The normalized spacial score (nSPS) is 20.2. The van der Waals surface area contributed by atoms with Gasteiger partial charge in [0.25, 0.3) is 5.91 Å². The van der Waals surface area contributed by atoms with E-state index in [-0.39, 0.29) is 72.1 Å². The SMILES string of the molecule is N#Cc1ccnc(N2C(=O)CCC2C(=O)N(c2cc(F)cc(C3CC3)c2)[C@H](C(=O)NC2CCC(F)(F)CC2)c2ccccc2Cl)c1. The van der Waals surface area contributed by atoms with Crippen molar-refractivity contribution in [1.29, 1.82) is 5.26 Å². The van der Waals surface area contributed by atoms with Gasteiger partial charge in [0.05, 0.1) is 11.6 Å². The monoisotopic (exact) mass is 649 g/mol. The first kappa shape index (κ1) is 31.5. The van der Waals surface area contributed by atoms with Crippen molar-refractivity contribution in [2.75, 3.05) is 9.80 Å². The van der Waals surface area contributed by atoms with E-state index in [1.165, 1.54) is 34.2 Å². The first-order valence-electron chi connectivity index (χ1n) is 15.3. The quantitative estimate of drug-likeness (QED) is 0.297. The number of benzene rings is 2. The lowest BCUT2D eigenvalue weighted by Crippen LogP contribution is -2.53. The number of alkyl halides is 2. The zero-order valence-electron chi connectivity index (χ0n) is 24.8. The number of pyridine rings is 1. The number of nitrogens with one attached hydrogen (secondary N) is 1. The Morgan fingerprint density at radius 1 is 1.07 bits per heavy atom. The summed E-state index contributed by atoms with van der Waals surface area (Å²) in [5.74, 6) is -4.98. The predicted octanol–water partition coefficient (Wildman–Crippen LogP) is 6.59. The molecule has 46 heavy (non-hydrogen) atoms. The molecule has 2 saturated carbocycles. The molecule has 6 rings (SSSR count). The highest BCUT2D eigenvalue weighted by Gasteiger charge is 2.45. The number of aromatic nitrogens is 1. The van der Waals surface area contributed by atoms with Crippen molar-refractivity contribution in [2.45, 2.75) is 81.3 Å². The molecule has 2 aromatic carbocycles. The lowest BCUT2D eigenvalue weighted by molar-refractivity contribution is -0.128. The summed E-state index contributed by atoms with van der Waals surface area (Å²) in [5.41, 5.74) is 1.25. The largest absolute Gasteiger partial charge is 0.351 e. The smallest absolute Gasteiger partial charge is 0.251 e. The summed E-state index contributed by atoms with van der Waals surface area (Å²) in [6, 6.07) is 12.4. The Bertz CT molecular complexity index is 1720. The van der Waals surface area contributed by atoms with E-state index in [4.69, 9.17) is 11.6 Å². The number of rotatable bonds is 8. The summed E-state index contributed by atoms with van der Waals surface area (Å²) in [6.45, 7) is 0. The minimum Gasteiger partial charge on any atom is -0.351 e. The van der Waals surface area contributed by atoms with Crippen LogP contribution >= 0.6 is 11.6 Å². The van der Waals surface area contributed by atoms with E-state index >= 15 is 4.39 Å². The van der Waals surface area contributed by atoms with Gasteiger partial charge in [0, 0.05) is 47.8 Å². The van der Waals surface area contributed by atoms with Gasteiger partial charge in [-0.2, -0.15) is 5.26 Å². The highest BCUT2D eigenvalue weighted by atomic mass is 35.5. The van der Waals surface area contributed by atoms with Gasteiger partial charge < -0.3 is 5.32 Å². The molecule has 2 atom stereocenters. The molecule has 2 heterocycles. The molecule has 1 saturated heterocycles. The third-order valence-electron chi connectivity index (χ3n) is 8.86. The Morgan fingerprint density at radius 3 is 2.50 bits per heavy atom. The molecular weight excluding hydrogens is 619 g/mol. The zero-order chi connectivity index (χ0) is 32.6. The van der Waals surface area contributed by atoms with E-state index in [0.29, 0.717) is 5.56 Å². The average Bonchev–Trinajstić information content (AvgIpc) is 3.82. The van der Waals surface area contributed by atoms with Crippen LogP contribution in [-0.2, 0) is 14.4 Å². The van der Waals surface area contributed by atoms with Crippen molar-refractivity contribution in [3.05, 3.63) is 88.3 Å². The van der Waals surface area contributed by atoms with Crippen LogP contribution in [0.15, 0.2) is 60.8 Å². The second-order valence-electron chi connectivity index (χ2n) is 12.1. The van der Waals surface area contributed by atoms with E-state index in [1.807, 2.05) is 6.07 Å². The van der Waals surface area contributed by atoms with Gasteiger partial charge >= 0.3 is 0 Å². The number of hydrogen-bond acceptors (Lipinski definition) is 5. The summed E-state index contributed by atoms with van der Waals surface area (Å²) in [7, 11) is 0. The maximum absolute atomic E-state index is 15.3. The second kappa shape index (κ2) is 12.8. The summed E-state index contributed by atoms with van der Waals surface area (Å²) in [5, 5.41) is 12.5. The van der Waals surface area contributed by atoms with Gasteiger partial charge in [0.1, 0.15) is 23.7 Å². The van der Waals surface area contributed by atoms with Crippen LogP contribution in [0.4, 0.5) is 24.7 Å². The van der Waals surface area contributed by atoms with Crippen LogP contribution < -0.4 is 15.1 Å². The van der Waals surface area contributed by atoms with Crippen LogP contribution in [0, 0.1) is 17.1 Å². The number of carbonyl (C=O) groups is 3. The van der Waals surface area contributed by atoms with Gasteiger partial charge in [-0.25, -0.2) is 18.2 Å². The maximum Gasteiger partial charge on any atom is 0.251 e. The molecule has 1 unspecified atom stereocenters. The summed E-state index contributed by atoms with van der Waals surface area (Å²) < 4.78 is 43.2. The molecule has 0 radical (unpaired) electrons. The minimum atomic E-state index is -2.82. The van der Waals surface area contributed by atoms with Crippen LogP contribution in [0.2, 0.25) is 5.02 Å². The molecule has 3 amide bonds. The number of amides is 3. The van der Waals surface area contributed by atoms with Gasteiger partial charge in [-0.15, -0.1) is 0 Å². The Labute approximate surface area is 269 Å². The van der Waals surface area contributed by atoms with Crippen LogP contribution in [0.1, 0.15) is 80.0 Å². The third kappa shape index (κ3) is 6.58. The van der Waals surface area contributed by atoms with Crippen LogP contribution in [0.5, 0.6) is 0 Å². The van der Waals surface area contributed by atoms with Crippen molar-refractivity contribution in [3.63, 3.8) is 0 Å². The molecule has 2 aliphatic carbocycles. The highest BCUT2D eigenvalue weighted by Crippen LogP contribution is 2.43. The van der Waals surface area contributed by atoms with E-state index in [2.05, 4.69) is 10.3 Å². The molecule has 0 bridgehead atoms. The van der Waals surface area contributed by atoms with Gasteiger partial charge in [-0.1, -0.05) is 29.8 Å². The molecule has 1 aliphatic heterocycles. The van der Waals surface area contributed by atoms with Gasteiger partial charge in [0.15, 0.2) is 0 Å². The Kier molecular flexibility index (Phi) is 8.75. The van der Waals surface area contributed by atoms with Gasteiger partial charge in [-0.05, 0) is 80.0 Å². The van der Waals surface area contributed by atoms with Gasteiger partial charge in [-0.3, -0.25) is 24.2 Å². The first-order chi connectivity index (χ1) is 22.0. The maximum atomic E-state index is 15.3. The van der Waals surface area contributed by atoms with Crippen molar-refractivity contribution in [3.8, 4) is 6.07 Å². The van der Waals surface area contributed by atoms with Crippen LogP contribution in [0.3, 0.4) is 0 Å². The van der Waals surface area contributed by atoms with E-state index in [0.717, 1.165) is 18.9 Å². The van der Waals surface area contributed by atoms with Crippen molar-refractivity contribution in [1.82, 2.24) is 10.3 Å². The lowest BCUT2D eigenvalue weighted by Gasteiger charge is -2.37. The predicted molar refractivity (Wildman–Crippen MR) is 165 cm³/mol. The standard InChI is InChI=1S/C34H31ClF3N5O3/c35-27-4-2-1-3-26(27)31(32(45)41-24-9-12-34(37,38)13-10-24)42(25-17-22(21-5-6-21)16-23(36)18-25)33(46)28-7-8-30(44)43(28)29-15-20(19-39)11-14-40-29/h1-4,11,14-18,21,24,28,31H,5-10,12-13H2,(H,41,45)/t28?,31-/m0/s1. The number of anilines is 2. The fraction of sp³-hybridized carbons (Fsp3) is 0.382. The zero-order valence-corrected chi connectivity index (χ0v) is 25.5. The Morgan fingerprint density at radius 2 is 1.80 bits per heavy atom. The minimum absolute atomic E-state index is 0.00156. The molecule has 1 N–H and O–H groups in total. The first-order valence-corrected chi connectivity index (χ1v) is 15.7. The average molecular weight is 650 g/mol. The van der Waals surface area contributed by atoms with E-state index in [1.54, 1.807) is 30.3 Å². The highest BCUT2D eigenvalue weighted by molar-refractivity contribution is 6.31. The molecule has 238 valence electrons. The second-order valence-corrected chi connectivity index (χ2v) is 12.5. The molecule has 0 spiro atoms. The third-order valence-corrected chi connectivity index (χ3v) is 9.20. The fourth-order valence-electron chi connectivity index (χ4n) is 6.34.